The van der Waals surface area contributed by atoms with Crippen LogP contribution in [0.2, 0.25) is 0 Å². The molecule has 0 bridgehead atoms. The number of rotatable bonds is 4. The van der Waals surface area contributed by atoms with E-state index in [-0.39, 0.29) is 0 Å². The molecule has 0 atom stereocenters. The van der Waals surface area contributed by atoms with Gasteiger partial charge in [0.25, 0.3) is 0 Å². The van der Waals surface area contributed by atoms with E-state index in [1.54, 1.807) is 11.3 Å². The Morgan fingerprint density at radius 3 is 2.63 bits per heavy atom. The first-order valence-electron chi connectivity index (χ1n) is 9.22. The molecule has 1 aliphatic rings. The van der Waals surface area contributed by atoms with Gasteiger partial charge in [0.05, 0.1) is 6.54 Å². The summed E-state index contributed by atoms with van der Waals surface area (Å²) < 4.78 is 1.91. The minimum atomic E-state index is 0.432. The molecule has 1 saturated heterocycles. The highest BCUT2D eigenvalue weighted by Crippen LogP contribution is 2.27. The lowest BCUT2D eigenvalue weighted by atomic mass is 9.96. The summed E-state index contributed by atoms with van der Waals surface area (Å²) in [7, 11) is 0. The predicted molar refractivity (Wildman–Crippen MR) is 106 cm³/mol. The van der Waals surface area contributed by atoms with Crippen LogP contribution in [-0.4, -0.2) is 42.6 Å². The van der Waals surface area contributed by atoms with Crippen molar-refractivity contribution in [2.45, 2.75) is 25.3 Å². The SMILES string of the molecule is c1cc(-c2ccc3nc(C4CCN(Cc5nccs5)CC4)nn3c2)ccn1. The summed E-state index contributed by atoms with van der Waals surface area (Å²) in [5.74, 6) is 1.40. The number of nitrogens with zero attached hydrogens (tertiary/aromatic N) is 6. The summed E-state index contributed by atoms with van der Waals surface area (Å²) in [6.07, 6.45) is 9.75. The summed E-state index contributed by atoms with van der Waals surface area (Å²) >= 11 is 1.73. The third-order valence-corrected chi connectivity index (χ3v) is 5.92. The van der Waals surface area contributed by atoms with E-state index in [2.05, 4.69) is 27.1 Å². The Labute approximate surface area is 161 Å². The zero-order chi connectivity index (χ0) is 18.1. The Balaban J connectivity index is 1.31. The molecule has 4 aromatic heterocycles. The van der Waals surface area contributed by atoms with Crippen molar-refractivity contribution in [1.82, 2.24) is 29.5 Å². The highest BCUT2D eigenvalue weighted by molar-refractivity contribution is 7.09. The Kier molecular flexibility index (Phi) is 4.39. The second-order valence-corrected chi connectivity index (χ2v) is 7.88. The largest absolute Gasteiger partial charge is 0.297 e. The summed E-state index contributed by atoms with van der Waals surface area (Å²) in [4.78, 5) is 15.7. The van der Waals surface area contributed by atoms with E-state index in [9.17, 15) is 0 Å². The first-order valence-corrected chi connectivity index (χ1v) is 10.1. The molecule has 5 rings (SSSR count). The fraction of sp³-hybridized carbons (Fsp3) is 0.300. The molecule has 0 saturated carbocycles. The van der Waals surface area contributed by atoms with Crippen LogP contribution in [0.5, 0.6) is 0 Å². The third-order valence-electron chi connectivity index (χ3n) is 5.16. The van der Waals surface area contributed by atoms with Crippen molar-refractivity contribution in [3.63, 3.8) is 0 Å². The molecule has 0 unspecified atom stereocenters. The van der Waals surface area contributed by atoms with Gasteiger partial charge in [-0.05, 0) is 55.8 Å². The maximum absolute atomic E-state index is 4.78. The number of hydrogen-bond acceptors (Lipinski definition) is 6. The van der Waals surface area contributed by atoms with Crippen molar-refractivity contribution in [3.8, 4) is 11.1 Å². The Morgan fingerprint density at radius 2 is 1.85 bits per heavy atom. The highest BCUT2D eigenvalue weighted by atomic mass is 32.1. The van der Waals surface area contributed by atoms with Crippen molar-refractivity contribution in [3.05, 3.63) is 65.3 Å². The van der Waals surface area contributed by atoms with E-state index in [0.29, 0.717) is 5.92 Å². The summed E-state index contributed by atoms with van der Waals surface area (Å²) in [6.45, 7) is 3.10. The Hall–Kier alpha value is -2.64. The van der Waals surface area contributed by atoms with E-state index >= 15 is 0 Å². The molecule has 0 amide bonds. The van der Waals surface area contributed by atoms with E-state index in [0.717, 1.165) is 55.1 Å². The van der Waals surface area contributed by atoms with E-state index in [4.69, 9.17) is 10.1 Å². The zero-order valence-corrected chi connectivity index (χ0v) is 15.7. The van der Waals surface area contributed by atoms with Gasteiger partial charge in [0.2, 0.25) is 0 Å². The molecule has 5 heterocycles. The molecule has 0 radical (unpaired) electrons. The molecule has 136 valence electrons. The molecule has 1 aliphatic heterocycles. The van der Waals surface area contributed by atoms with E-state index in [1.165, 1.54) is 5.01 Å². The summed E-state index contributed by atoms with van der Waals surface area (Å²) in [5, 5.41) is 8.03. The smallest absolute Gasteiger partial charge is 0.155 e. The minimum absolute atomic E-state index is 0.432. The van der Waals surface area contributed by atoms with Gasteiger partial charge in [0.1, 0.15) is 5.01 Å². The molecule has 0 aromatic carbocycles. The number of thiazole rings is 1. The van der Waals surface area contributed by atoms with Gasteiger partial charge in [-0.25, -0.2) is 14.5 Å². The van der Waals surface area contributed by atoms with Gasteiger partial charge < -0.3 is 0 Å². The van der Waals surface area contributed by atoms with Crippen LogP contribution in [0.15, 0.2) is 54.4 Å². The lowest BCUT2D eigenvalue weighted by Crippen LogP contribution is -2.32. The van der Waals surface area contributed by atoms with Gasteiger partial charge in [-0.2, -0.15) is 5.10 Å². The second-order valence-electron chi connectivity index (χ2n) is 6.90. The number of pyridine rings is 2. The predicted octanol–water partition coefficient (Wildman–Crippen LogP) is 3.63. The maximum atomic E-state index is 4.78. The van der Waals surface area contributed by atoms with Gasteiger partial charge in [-0.3, -0.25) is 9.88 Å². The van der Waals surface area contributed by atoms with E-state index in [1.807, 2.05) is 46.7 Å². The highest BCUT2D eigenvalue weighted by Gasteiger charge is 2.24. The van der Waals surface area contributed by atoms with Crippen LogP contribution in [0, 0.1) is 0 Å². The van der Waals surface area contributed by atoms with Crippen molar-refractivity contribution < 1.29 is 0 Å². The molecular formula is C20H20N6S. The molecule has 6 nitrogen and oxygen atoms in total. The average molecular weight is 376 g/mol. The molecule has 0 N–H and O–H groups in total. The van der Waals surface area contributed by atoms with Crippen LogP contribution in [-0.2, 0) is 6.54 Å². The molecule has 0 aliphatic carbocycles. The van der Waals surface area contributed by atoms with Crippen LogP contribution in [0.4, 0.5) is 0 Å². The number of piperidine rings is 1. The average Bonchev–Trinajstić information content (AvgIpc) is 3.38. The number of fused-ring (bicyclic) bond motifs is 1. The molecule has 27 heavy (non-hydrogen) atoms. The number of aromatic nitrogens is 5. The lowest BCUT2D eigenvalue weighted by Gasteiger charge is -2.29. The summed E-state index contributed by atoms with van der Waals surface area (Å²) in [5.41, 5.74) is 3.17. The molecular weight excluding hydrogens is 356 g/mol. The van der Waals surface area contributed by atoms with Gasteiger partial charge in [-0.1, -0.05) is 0 Å². The van der Waals surface area contributed by atoms with Gasteiger partial charge in [0.15, 0.2) is 11.5 Å². The van der Waals surface area contributed by atoms with Crippen molar-refractivity contribution in [1.29, 1.82) is 0 Å². The number of hydrogen-bond donors (Lipinski definition) is 0. The first-order chi connectivity index (χ1) is 13.3. The fourth-order valence-corrected chi connectivity index (χ4v) is 4.32. The van der Waals surface area contributed by atoms with Crippen LogP contribution >= 0.6 is 11.3 Å². The van der Waals surface area contributed by atoms with Crippen molar-refractivity contribution in [2.24, 2.45) is 0 Å². The third kappa shape index (κ3) is 3.48. The summed E-state index contributed by atoms with van der Waals surface area (Å²) in [6, 6.07) is 8.16. The molecule has 1 fully saturated rings. The number of likely N-dealkylation sites (tertiary alicyclic amines) is 1. The normalized spacial score (nSPS) is 16.1. The van der Waals surface area contributed by atoms with Gasteiger partial charge >= 0.3 is 0 Å². The van der Waals surface area contributed by atoms with Crippen LogP contribution < -0.4 is 0 Å². The molecule has 0 spiro atoms. The monoisotopic (exact) mass is 376 g/mol. The fourth-order valence-electron chi connectivity index (χ4n) is 3.66. The van der Waals surface area contributed by atoms with Crippen molar-refractivity contribution in [2.75, 3.05) is 13.1 Å². The topological polar surface area (TPSA) is 59.2 Å². The van der Waals surface area contributed by atoms with Crippen LogP contribution in [0.3, 0.4) is 0 Å². The van der Waals surface area contributed by atoms with Gasteiger partial charge in [0, 0.05) is 41.6 Å². The minimum Gasteiger partial charge on any atom is -0.297 e. The molecule has 7 heteroatoms. The quantitative estimate of drug-likeness (QED) is 0.544. The standard InChI is InChI=1S/C20H20N6S/c1-2-18-23-20(24-26(18)13-17(1)15-3-7-21-8-4-15)16-5-10-25(11-6-16)14-19-22-9-12-27-19/h1-4,7-9,12-13,16H,5-6,10-11,14H2. The van der Waals surface area contributed by atoms with Crippen LogP contribution in [0.25, 0.3) is 16.8 Å². The maximum Gasteiger partial charge on any atom is 0.155 e. The van der Waals surface area contributed by atoms with Crippen molar-refractivity contribution >= 4 is 17.0 Å². The van der Waals surface area contributed by atoms with Crippen LogP contribution in [0.1, 0.15) is 29.6 Å². The lowest BCUT2D eigenvalue weighted by molar-refractivity contribution is 0.201. The Morgan fingerprint density at radius 1 is 1.00 bits per heavy atom. The zero-order valence-electron chi connectivity index (χ0n) is 14.9. The Bertz CT molecular complexity index is 1020. The van der Waals surface area contributed by atoms with E-state index < -0.39 is 0 Å². The second kappa shape index (κ2) is 7.17. The first kappa shape index (κ1) is 16.5. The molecule has 4 aromatic rings. The van der Waals surface area contributed by atoms with Gasteiger partial charge in [-0.15, -0.1) is 11.3 Å².